The predicted molar refractivity (Wildman–Crippen MR) is 104 cm³/mol. The van der Waals surface area contributed by atoms with Crippen LogP contribution in [0.3, 0.4) is 0 Å². The van der Waals surface area contributed by atoms with E-state index >= 15 is 0 Å². The molecule has 144 valence electrons. The van der Waals surface area contributed by atoms with Gasteiger partial charge in [0.05, 0.1) is 4.90 Å². The second-order valence-corrected chi connectivity index (χ2v) is 9.47. The average Bonchev–Trinajstić information content (AvgIpc) is 2.95. The third-order valence-corrected chi connectivity index (χ3v) is 6.08. The number of amides is 1. The van der Waals surface area contributed by atoms with Crippen LogP contribution in [-0.4, -0.2) is 20.9 Å². The zero-order chi connectivity index (χ0) is 20.0. The molecule has 3 rings (SSSR count). The van der Waals surface area contributed by atoms with Gasteiger partial charge in [0.15, 0.2) is 0 Å². The maximum absolute atomic E-state index is 13.3. The standard InChI is InChI=1S/C20H23FN2O3S/c1-13-11-15(21)5-8-18(13)27(25,26)22-16-6-7-17-14(12-16)9-10-23(17)19(24)20(2,3)4/h5-8,11-12,22H,9-10H2,1-4H3. The van der Waals surface area contributed by atoms with Crippen LogP contribution in [0.5, 0.6) is 0 Å². The van der Waals surface area contributed by atoms with Crippen molar-refractivity contribution in [3.8, 4) is 0 Å². The lowest BCUT2D eigenvalue weighted by atomic mass is 9.94. The fourth-order valence-corrected chi connectivity index (χ4v) is 4.48. The molecular weight excluding hydrogens is 367 g/mol. The number of hydrogen-bond donors (Lipinski definition) is 1. The lowest BCUT2D eigenvalue weighted by Gasteiger charge is -2.26. The second-order valence-electron chi connectivity index (χ2n) is 7.82. The predicted octanol–water partition coefficient (Wildman–Crippen LogP) is 3.87. The van der Waals surface area contributed by atoms with Crippen LogP contribution < -0.4 is 9.62 Å². The molecule has 0 saturated heterocycles. The van der Waals surface area contributed by atoms with Crippen molar-refractivity contribution in [2.75, 3.05) is 16.2 Å². The first-order valence-corrected chi connectivity index (χ1v) is 10.2. The highest BCUT2D eigenvalue weighted by molar-refractivity contribution is 7.92. The number of carbonyl (C=O) groups excluding carboxylic acids is 1. The van der Waals surface area contributed by atoms with Crippen molar-refractivity contribution in [2.24, 2.45) is 5.41 Å². The SMILES string of the molecule is Cc1cc(F)ccc1S(=O)(=O)Nc1ccc2c(c1)CCN2C(=O)C(C)(C)C. The van der Waals surface area contributed by atoms with Gasteiger partial charge in [-0.15, -0.1) is 0 Å². The number of nitrogens with one attached hydrogen (secondary N) is 1. The molecule has 7 heteroatoms. The van der Waals surface area contributed by atoms with Gasteiger partial charge in [-0.1, -0.05) is 20.8 Å². The fraction of sp³-hybridized carbons (Fsp3) is 0.350. The number of fused-ring (bicyclic) bond motifs is 1. The molecule has 2 aromatic rings. The molecule has 2 aromatic carbocycles. The summed E-state index contributed by atoms with van der Waals surface area (Å²) in [6, 6.07) is 8.73. The maximum atomic E-state index is 13.3. The third-order valence-electron chi connectivity index (χ3n) is 4.54. The zero-order valence-corrected chi connectivity index (χ0v) is 16.7. The molecule has 0 saturated carbocycles. The fourth-order valence-electron chi connectivity index (χ4n) is 3.21. The summed E-state index contributed by atoms with van der Waals surface area (Å²) in [6.07, 6.45) is 0.669. The van der Waals surface area contributed by atoms with E-state index < -0.39 is 21.3 Å². The lowest BCUT2D eigenvalue weighted by Crippen LogP contribution is -2.38. The summed E-state index contributed by atoms with van der Waals surface area (Å²) in [5, 5.41) is 0. The molecule has 1 aliphatic heterocycles. The molecule has 0 radical (unpaired) electrons. The van der Waals surface area contributed by atoms with Crippen LogP contribution in [-0.2, 0) is 21.2 Å². The molecule has 1 N–H and O–H groups in total. The minimum Gasteiger partial charge on any atom is -0.311 e. The van der Waals surface area contributed by atoms with E-state index in [1.54, 1.807) is 30.0 Å². The summed E-state index contributed by atoms with van der Waals surface area (Å²) < 4.78 is 41.1. The lowest BCUT2D eigenvalue weighted by molar-refractivity contribution is -0.125. The first kappa shape index (κ1) is 19.4. The van der Waals surface area contributed by atoms with Gasteiger partial charge in [0.2, 0.25) is 5.91 Å². The Hall–Kier alpha value is -2.41. The Morgan fingerprint density at radius 1 is 1.15 bits per heavy atom. The minimum absolute atomic E-state index is 0.0361. The Labute approximate surface area is 159 Å². The van der Waals surface area contributed by atoms with Crippen molar-refractivity contribution in [3.63, 3.8) is 0 Å². The van der Waals surface area contributed by atoms with E-state index in [2.05, 4.69) is 4.72 Å². The minimum atomic E-state index is -3.83. The quantitative estimate of drug-likeness (QED) is 0.865. The van der Waals surface area contributed by atoms with Gasteiger partial charge in [-0.25, -0.2) is 12.8 Å². The number of anilines is 2. The molecule has 5 nitrogen and oxygen atoms in total. The molecule has 1 amide bonds. The molecule has 0 fully saturated rings. The van der Waals surface area contributed by atoms with Gasteiger partial charge in [-0.2, -0.15) is 0 Å². The average molecular weight is 390 g/mol. The Balaban J connectivity index is 1.87. The number of rotatable bonds is 3. The van der Waals surface area contributed by atoms with Crippen LogP contribution in [0.4, 0.5) is 15.8 Å². The summed E-state index contributed by atoms with van der Waals surface area (Å²) in [5.74, 6) is -0.441. The van der Waals surface area contributed by atoms with Crippen LogP contribution in [0, 0.1) is 18.2 Å². The Kier molecular flexibility index (Phi) is 4.76. The van der Waals surface area contributed by atoms with E-state index in [0.717, 1.165) is 17.3 Å². The molecule has 1 aliphatic rings. The number of aryl methyl sites for hydroxylation is 1. The number of nitrogens with zero attached hydrogens (tertiary/aromatic N) is 1. The summed E-state index contributed by atoms with van der Waals surface area (Å²) in [5.41, 5.74) is 2.01. The highest BCUT2D eigenvalue weighted by Crippen LogP contribution is 2.34. The number of sulfonamides is 1. The van der Waals surface area contributed by atoms with Gasteiger partial charge in [0.1, 0.15) is 5.82 Å². The monoisotopic (exact) mass is 390 g/mol. The molecule has 0 unspecified atom stereocenters. The normalized spacial score (nSPS) is 14.2. The molecule has 0 aromatic heterocycles. The van der Waals surface area contributed by atoms with Crippen LogP contribution in [0.25, 0.3) is 0 Å². The van der Waals surface area contributed by atoms with Crippen molar-refractivity contribution in [3.05, 3.63) is 53.3 Å². The van der Waals surface area contributed by atoms with Crippen molar-refractivity contribution >= 4 is 27.3 Å². The van der Waals surface area contributed by atoms with Gasteiger partial charge in [-0.3, -0.25) is 9.52 Å². The van der Waals surface area contributed by atoms with Gasteiger partial charge in [-0.05, 0) is 60.9 Å². The van der Waals surface area contributed by atoms with Crippen LogP contribution in [0.15, 0.2) is 41.3 Å². The van der Waals surface area contributed by atoms with Gasteiger partial charge in [0, 0.05) is 23.3 Å². The molecule has 1 heterocycles. The topological polar surface area (TPSA) is 66.5 Å². The molecule has 0 bridgehead atoms. The number of carbonyl (C=O) groups is 1. The number of hydrogen-bond acceptors (Lipinski definition) is 3. The van der Waals surface area contributed by atoms with Crippen LogP contribution in [0.1, 0.15) is 31.9 Å². The summed E-state index contributed by atoms with van der Waals surface area (Å²) in [4.78, 5) is 14.4. The van der Waals surface area contributed by atoms with Crippen LogP contribution >= 0.6 is 0 Å². The third kappa shape index (κ3) is 3.83. The molecule has 0 spiro atoms. The highest BCUT2D eigenvalue weighted by atomic mass is 32.2. The zero-order valence-electron chi connectivity index (χ0n) is 15.8. The van der Waals surface area contributed by atoms with E-state index in [1.165, 1.54) is 12.1 Å². The summed E-state index contributed by atoms with van der Waals surface area (Å²) in [7, 11) is -3.83. The number of benzene rings is 2. The van der Waals surface area contributed by atoms with Crippen molar-refractivity contribution in [1.29, 1.82) is 0 Å². The Morgan fingerprint density at radius 2 is 1.85 bits per heavy atom. The number of halogens is 1. The van der Waals surface area contributed by atoms with Gasteiger partial charge < -0.3 is 4.90 Å². The molecule has 27 heavy (non-hydrogen) atoms. The smallest absolute Gasteiger partial charge is 0.262 e. The Bertz CT molecular complexity index is 1010. The molecular formula is C20H23FN2O3S. The van der Waals surface area contributed by atoms with E-state index in [0.29, 0.717) is 24.2 Å². The second kappa shape index (κ2) is 6.64. The van der Waals surface area contributed by atoms with Crippen molar-refractivity contribution in [2.45, 2.75) is 39.0 Å². The highest BCUT2D eigenvalue weighted by Gasteiger charge is 2.32. The summed E-state index contributed by atoms with van der Waals surface area (Å²) >= 11 is 0. The van der Waals surface area contributed by atoms with Crippen molar-refractivity contribution in [1.82, 2.24) is 0 Å². The van der Waals surface area contributed by atoms with Crippen molar-refractivity contribution < 1.29 is 17.6 Å². The first-order chi connectivity index (χ1) is 12.5. The Morgan fingerprint density at radius 3 is 2.48 bits per heavy atom. The van der Waals surface area contributed by atoms with E-state index in [9.17, 15) is 17.6 Å². The summed E-state index contributed by atoms with van der Waals surface area (Å²) in [6.45, 7) is 7.76. The van der Waals surface area contributed by atoms with Gasteiger partial charge >= 0.3 is 0 Å². The van der Waals surface area contributed by atoms with E-state index in [-0.39, 0.29) is 10.8 Å². The molecule has 0 atom stereocenters. The maximum Gasteiger partial charge on any atom is 0.262 e. The van der Waals surface area contributed by atoms with E-state index in [1.807, 2.05) is 20.8 Å². The van der Waals surface area contributed by atoms with E-state index in [4.69, 9.17) is 0 Å². The van der Waals surface area contributed by atoms with Crippen LogP contribution in [0.2, 0.25) is 0 Å². The first-order valence-electron chi connectivity index (χ1n) is 8.73. The largest absolute Gasteiger partial charge is 0.311 e. The molecule has 0 aliphatic carbocycles. The van der Waals surface area contributed by atoms with Gasteiger partial charge in [0.25, 0.3) is 10.0 Å².